The third-order valence-corrected chi connectivity index (χ3v) is 2.73. The van der Waals surface area contributed by atoms with Gasteiger partial charge in [-0.15, -0.1) is 0 Å². The fourth-order valence-corrected chi connectivity index (χ4v) is 1.69. The van der Waals surface area contributed by atoms with E-state index in [4.69, 9.17) is 11.6 Å². The van der Waals surface area contributed by atoms with E-state index in [2.05, 4.69) is 4.74 Å². The summed E-state index contributed by atoms with van der Waals surface area (Å²) >= 11 is 5.78. The van der Waals surface area contributed by atoms with E-state index in [1.807, 2.05) is 0 Å². The third-order valence-electron chi connectivity index (χ3n) is 2.48. The average Bonchev–Trinajstić information content (AvgIpc) is 2.39. The Hall–Kier alpha value is -2.07. The molecule has 18 heavy (non-hydrogen) atoms. The topological polar surface area (TPSA) is 53.2 Å². The van der Waals surface area contributed by atoms with Gasteiger partial charge in [0.05, 0.1) is 12.7 Å². The minimum atomic E-state index is -0.481. The van der Waals surface area contributed by atoms with Crippen LogP contribution in [0, 0.1) is 5.21 Å². The third kappa shape index (κ3) is 2.43. The van der Waals surface area contributed by atoms with Gasteiger partial charge in [-0.2, -0.15) is 4.73 Å². The Morgan fingerprint density at radius 1 is 1.28 bits per heavy atom. The average molecular weight is 264 g/mol. The molecule has 0 spiro atoms. The second-order valence-electron chi connectivity index (χ2n) is 3.62. The van der Waals surface area contributed by atoms with Crippen LogP contribution < -0.4 is 4.73 Å². The maximum Gasteiger partial charge on any atom is 0.338 e. The number of nitrogens with zero attached hydrogens (tertiary/aromatic N) is 1. The molecule has 0 aliphatic heterocycles. The lowest BCUT2D eigenvalue weighted by Gasteiger charge is -2.06. The van der Waals surface area contributed by atoms with Crippen LogP contribution in [0.25, 0.3) is 11.3 Å². The molecule has 1 aromatic heterocycles. The first-order valence-corrected chi connectivity index (χ1v) is 5.57. The number of ether oxygens (including phenoxy) is 1. The highest BCUT2D eigenvalue weighted by molar-refractivity contribution is 6.30. The highest BCUT2D eigenvalue weighted by atomic mass is 35.5. The van der Waals surface area contributed by atoms with E-state index in [0.717, 1.165) is 0 Å². The van der Waals surface area contributed by atoms with E-state index in [0.29, 0.717) is 26.6 Å². The molecule has 1 aromatic carbocycles. The number of carbonyl (C=O) groups is 1. The van der Waals surface area contributed by atoms with Crippen LogP contribution in [-0.4, -0.2) is 13.1 Å². The SMILES string of the molecule is COC(=O)c1cc[n+]([O-])c(-c2ccc(Cl)cc2)c1. The van der Waals surface area contributed by atoms with Crippen molar-refractivity contribution in [2.24, 2.45) is 0 Å². The van der Waals surface area contributed by atoms with Crippen LogP contribution in [0.4, 0.5) is 0 Å². The van der Waals surface area contributed by atoms with Gasteiger partial charge in [-0.3, -0.25) is 0 Å². The number of esters is 1. The van der Waals surface area contributed by atoms with Gasteiger partial charge in [0.1, 0.15) is 0 Å². The second-order valence-corrected chi connectivity index (χ2v) is 4.06. The fraction of sp³-hybridized carbons (Fsp3) is 0.0769. The molecule has 0 radical (unpaired) electrons. The molecule has 4 nitrogen and oxygen atoms in total. The molecule has 5 heteroatoms. The first-order valence-electron chi connectivity index (χ1n) is 5.19. The van der Waals surface area contributed by atoms with E-state index in [-0.39, 0.29) is 0 Å². The van der Waals surface area contributed by atoms with Crippen molar-refractivity contribution < 1.29 is 14.3 Å². The molecule has 0 unspecified atom stereocenters. The maximum atomic E-state index is 11.7. The molecule has 0 aliphatic rings. The quantitative estimate of drug-likeness (QED) is 0.475. The van der Waals surface area contributed by atoms with Crippen molar-refractivity contribution in [3.8, 4) is 11.3 Å². The van der Waals surface area contributed by atoms with Crippen LogP contribution in [0.3, 0.4) is 0 Å². The fourth-order valence-electron chi connectivity index (χ4n) is 1.56. The molecular weight excluding hydrogens is 254 g/mol. The van der Waals surface area contributed by atoms with Gasteiger partial charge in [0.2, 0.25) is 5.69 Å². The van der Waals surface area contributed by atoms with Gasteiger partial charge in [-0.05, 0) is 24.3 Å². The van der Waals surface area contributed by atoms with Crippen LogP contribution in [0.2, 0.25) is 5.02 Å². The van der Waals surface area contributed by atoms with Gasteiger partial charge < -0.3 is 9.94 Å². The first kappa shape index (κ1) is 12.4. The van der Waals surface area contributed by atoms with Gasteiger partial charge in [-0.1, -0.05) is 11.6 Å². The Labute approximate surface area is 109 Å². The predicted molar refractivity (Wildman–Crippen MR) is 67.2 cm³/mol. The molecule has 2 aromatic rings. The van der Waals surface area contributed by atoms with Gasteiger partial charge in [0, 0.05) is 22.7 Å². The lowest BCUT2D eigenvalue weighted by Crippen LogP contribution is -2.29. The standard InChI is InChI=1S/C13H10ClNO3/c1-18-13(16)10-6-7-15(17)12(8-10)9-2-4-11(14)5-3-9/h2-8H,1H3. The van der Waals surface area contributed by atoms with E-state index in [1.165, 1.54) is 25.4 Å². The summed E-state index contributed by atoms with van der Waals surface area (Å²) in [5.41, 5.74) is 1.38. The lowest BCUT2D eigenvalue weighted by atomic mass is 10.1. The first-order chi connectivity index (χ1) is 8.61. The van der Waals surface area contributed by atoms with E-state index in [9.17, 15) is 10.0 Å². The van der Waals surface area contributed by atoms with Crippen LogP contribution in [0.15, 0.2) is 42.6 Å². The second kappa shape index (κ2) is 5.06. The summed E-state index contributed by atoms with van der Waals surface area (Å²) in [5, 5.41) is 12.3. The normalized spacial score (nSPS) is 10.1. The lowest BCUT2D eigenvalue weighted by molar-refractivity contribution is -0.593. The molecule has 0 aliphatic carbocycles. The summed E-state index contributed by atoms with van der Waals surface area (Å²) < 4.78 is 5.30. The van der Waals surface area contributed by atoms with Gasteiger partial charge in [-0.25, -0.2) is 4.79 Å². The van der Waals surface area contributed by atoms with Crippen LogP contribution in [0.1, 0.15) is 10.4 Å². The van der Waals surface area contributed by atoms with Crippen LogP contribution >= 0.6 is 11.6 Å². The molecule has 0 saturated carbocycles. The number of pyridine rings is 1. The number of aromatic nitrogens is 1. The number of hydrogen-bond donors (Lipinski definition) is 0. The summed E-state index contributed by atoms with van der Waals surface area (Å²) in [6.07, 6.45) is 1.27. The van der Waals surface area contributed by atoms with E-state index in [1.54, 1.807) is 24.3 Å². The smallest absolute Gasteiger partial charge is 0.338 e. The number of hydrogen-bond acceptors (Lipinski definition) is 3. The van der Waals surface area contributed by atoms with Gasteiger partial charge >= 0.3 is 5.97 Å². The number of halogens is 1. The van der Waals surface area contributed by atoms with E-state index >= 15 is 0 Å². The Morgan fingerprint density at radius 3 is 2.56 bits per heavy atom. The molecule has 1 heterocycles. The molecular formula is C13H10ClNO3. The molecule has 0 fully saturated rings. The summed E-state index contributed by atoms with van der Waals surface area (Å²) in [6.45, 7) is 0. The highest BCUT2D eigenvalue weighted by Gasteiger charge is 2.14. The van der Waals surface area contributed by atoms with Crippen molar-refractivity contribution in [1.29, 1.82) is 0 Å². The highest BCUT2D eigenvalue weighted by Crippen LogP contribution is 2.19. The zero-order valence-electron chi connectivity index (χ0n) is 9.59. The van der Waals surface area contributed by atoms with Crippen molar-refractivity contribution in [2.75, 3.05) is 7.11 Å². The van der Waals surface area contributed by atoms with Crippen molar-refractivity contribution >= 4 is 17.6 Å². The molecule has 2 rings (SSSR count). The minimum absolute atomic E-state index is 0.328. The summed E-state index contributed by atoms with van der Waals surface area (Å²) in [7, 11) is 1.29. The summed E-state index contributed by atoms with van der Waals surface area (Å²) in [4.78, 5) is 11.4. The zero-order chi connectivity index (χ0) is 13.1. The number of methoxy groups -OCH3 is 1. The predicted octanol–water partition coefficient (Wildman–Crippen LogP) is 2.43. The Morgan fingerprint density at radius 2 is 1.94 bits per heavy atom. The summed E-state index contributed by atoms with van der Waals surface area (Å²) in [5.74, 6) is -0.481. The molecule has 0 bridgehead atoms. The van der Waals surface area contributed by atoms with Crippen molar-refractivity contribution in [1.82, 2.24) is 0 Å². The van der Waals surface area contributed by atoms with Gasteiger partial charge in [0.25, 0.3) is 0 Å². The van der Waals surface area contributed by atoms with Crippen molar-refractivity contribution in [2.45, 2.75) is 0 Å². The molecule has 0 amide bonds. The molecule has 0 saturated heterocycles. The Balaban J connectivity index is 2.49. The maximum absolute atomic E-state index is 11.7. The number of carbonyl (C=O) groups excluding carboxylic acids is 1. The van der Waals surface area contributed by atoms with Crippen LogP contribution in [-0.2, 0) is 4.74 Å². The van der Waals surface area contributed by atoms with E-state index < -0.39 is 5.97 Å². The van der Waals surface area contributed by atoms with Crippen LogP contribution in [0.5, 0.6) is 0 Å². The zero-order valence-corrected chi connectivity index (χ0v) is 10.3. The summed E-state index contributed by atoms with van der Waals surface area (Å²) in [6, 6.07) is 9.70. The Kier molecular flexibility index (Phi) is 3.48. The number of benzene rings is 1. The largest absolute Gasteiger partial charge is 0.618 e. The van der Waals surface area contributed by atoms with Crippen molar-refractivity contribution in [3.05, 3.63) is 58.4 Å². The van der Waals surface area contributed by atoms with Gasteiger partial charge in [0.15, 0.2) is 6.20 Å². The molecule has 0 N–H and O–H groups in total. The number of rotatable bonds is 2. The Bertz CT molecular complexity index is 581. The minimum Gasteiger partial charge on any atom is -0.618 e. The monoisotopic (exact) mass is 263 g/mol. The molecule has 92 valence electrons. The van der Waals surface area contributed by atoms with Crippen molar-refractivity contribution in [3.63, 3.8) is 0 Å². The molecule has 0 atom stereocenters.